The van der Waals surface area contributed by atoms with Gasteiger partial charge in [-0.3, -0.25) is 10.1 Å². The summed E-state index contributed by atoms with van der Waals surface area (Å²) >= 11 is 1.17. The highest BCUT2D eigenvalue weighted by molar-refractivity contribution is 7.15. The number of aromatic nitrogens is 1. The van der Waals surface area contributed by atoms with Crippen LogP contribution in [0.1, 0.15) is 22.2 Å². The lowest BCUT2D eigenvalue weighted by Crippen LogP contribution is -2.11. The van der Waals surface area contributed by atoms with Gasteiger partial charge in [-0.25, -0.2) is 4.98 Å². The lowest BCUT2D eigenvalue weighted by molar-refractivity contribution is -0.380. The van der Waals surface area contributed by atoms with Crippen molar-refractivity contribution in [1.82, 2.24) is 10.3 Å². The van der Waals surface area contributed by atoms with Gasteiger partial charge in [-0.15, -0.1) is 0 Å². The van der Waals surface area contributed by atoms with Gasteiger partial charge in [0.15, 0.2) is 0 Å². The van der Waals surface area contributed by atoms with Gasteiger partial charge < -0.3 is 9.73 Å². The van der Waals surface area contributed by atoms with Crippen molar-refractivity contribution in [3.63, 3.8) is 0 Å². The van der Waals surface area contributed by atoms with Gasteiger partial charge in [-0.2, -0.15) is 0 Å². The van der Waals surface area contributed by atoms with E-state index in [1.54, 1.807) is 6.07 Å². The van der Waals surface area contributed by atoms with Gasteiger partial charge in [-0.1, -0.05) is 11.3 Å². The zero-order valence-electron chi connectivity index (χ0n) is 10.1. The fraction of sp³-hybridized carbons (Fsp3) is 0.364. The molecule has 0 saturated carbocycles. The fourth-order valence-electron chi connectivity index (χ4n) is 1.47. The zero-order chi connectivity index (χ0) is 13.1. The first-order valence-corrected chi connectivity index (χ1v) is 6.24. The predicted molar refractivity (Wildman–Crippen MR) is 67.5 cm³/mol. The van der Waals surface area contributed by atoms with Crippen molar-refractivity contribution in [3.8, 4) is 0 Å². The summed E-state index contributed by atoms with van der Waals surface area (Å²) in [6.07, 6.45) is 0. The third kappa shape index (κ3) is 2.93. The smallest absolute Gasteiger partial charge is 0.324 e. The molecule has 7 heteroatoms. The Morgan fingerprint density at radius 3 is 2.78 bits per heavy atom. The summed E-state index contributed by atoms with van der Waals surface area (Å²) in [4.78, 5) is 15.3. The van der Waals surface area contributed by atoms with Crippen LogP contribution in [0, 0.1) is 24.0 Å². The maximum Gasteiger partial charge on any atom is 0.324 e. The van der Waals surface area contributed by atoms with Crippen molar-refractivity contribution in [3.05, 3.63) is 44.5 Å². The number of nitro groups is 1. The highest BCUT2D eigenvalue weighted by atomic mass is 32.1. The molecule has 96 valence electrons. The van der Waals surface area contributed by atoms with E-state index in [9.17, 15) is 10.1 Å². The summed E-state index contributed by atoms with van der Waals surface area (Å²) in [5.41, 5.74) is 0.888. The number of hydrogen-bond donors (Lipinski definition) is 1. The van der Waals surface area contributed by atoms with E-state index in [1.165, 1.54) is 17.4 Å². The Bertz CT molecular complexity index is 542. The minimum atomic E-state index is -0.380. The number of nitrogens with one attached hydrogen (secondary N) is 1. The molecule has 0 saturated heterocycles. The molecule has 2 heterocycles. The summed E-state index contributed by atoms with van der Waals surface area (Å²) in [5, 5.41) is 13.8. The maximum absolute atomic E-state index is 10.5. The van der Waals surface area contributed by atoms with Crippen LogP contribution < -0.4 is 5.32 Å². The van der Waals surface area contributed by atoms with Crippen LogP contribution in [0.2, 0.25) is 0 Å². The van der Waals surface area contributed by atoms with Gasteiger partial charge in [0.2, 0.25) is 5.89 Å². The highest BCUT2D eigenvalue weighted by Crippen LogP contribution is 2.23. The van der Waals surface area contributed by atoms with Gasteiger partial charge >= 0.3 is 5.00 Å². The molecular formula is C11H13N3O3S. The molecule has 18 heavy (non-hydrogen) atoms. The van der Waals surface area contributed by atoms with Crippen LogP contribution in [-0.2, 0) is 13.1 Å². The van der Waals surface area contributed by atoms with Crippen LogP contribution in [0.4, 0.5) is 5.00 Å². The Hall–Kier alpha value is -1.73. The van der Waals surface area contributed by atoms with Crippen LogP contribution in [0.5, 0.6) is 0 Å². The Labute approximate surface area is 108 Å². The fourth-order valence-corrected chi connectivity index (χ4v) is 2.26. The van der Waals surface area contributed by atoms with Crippen LogP contribution in [0.25, 0.3) is 0 Å². The molecule has 0 amide bonds. The Kier molecular flexibility index (Phi) is 3.73. The molecule has 0 aliphatic carbocycles. The van der Waals surface area contributed by atoms with Gasteiger partial charge in [-0.05, 0) is 19.9 Å². The second kappa shape index (κ2) is 5.28. The summed E-state index contributed by atoms with van der Waals surface area (Å²) in [5.74, 6) is 1.45. The Balaban J connectivity index is 1.86. The topological polar surface area (TPSA) is 81.2 Å². The molecule has 2 aromatic heterocycles. The van der Waals surface area contributed by atoms with Gasteiger partial charge in [0.05, 0.1) is 17.2 Å². The van der Waals surface area contributed by atoms with Crippen LogP contribution >= 0.6 is 11.3 Å². The minimum Gasteiger partial charge on any atom is -0.444 e. The standard InChI is InChI=1S/C11H13N3O3S/c1-7-8(2)17-10(13-7)6-12-5-9-3-4-11(18-9)14(15)16/h3-4,12H,5-6H2,1-2H3. The summed E-state index contributed by atoms with van der Waals surface area (Å²) in [6, 6.07) is 3.27. The van der Waals surface area contributed by atoms with Gasteiger partial charge in [0.25, 0.3) is 0 Å². The van der Waals surface area contributed by atoms with Crippen LogP contribution in [0.15, 0.2) is 16.5 Å². The molecule has 0 spiro atoms. The molecule has 1 N–H and O–H groups in total. The van der Waals surface area contributed by atoms with Crippen LogP contribution in [-0.4, -0.2) is 9.91 Å². The second-order valence-electron chi connectivity index (χ2n) is 3.85. The number of thiophene rings is 1. The van der Waals surface area contributed by atoms with E-state index < -0.39 is 0 Å². The molecular weight excluding hydrogens is 254 g/mol. The molecule has 0 aliphatic heterocycles. The number of aryl methyl sites for hydroxylation is 2. The number of rotatable bonds is 5. The SMILES string of the molecule is Cc1nc(CNCc2ccc([N+](=O)[O-])s2)oc1C. The van der Waals surface area contributed by atoms with Crippen molar-refractivity contribution in [1.29, 1.82) is 0 Å². The Morgan fingerprint density at radius 1 is 1.44 bits per heavy atom. The quantitative estimate of drug-likeness (QED) is 0.665. The molecule has 0 aromatic carbocycles. The van der Waals surface area contributed by atoms with Gasteiger partial charge in [0, 0.05) is 17.5 Å². The molecule has 6 nitrogen and oxygen atoms in total. The van der Waals surface area contributed by atoms with E-state index in [4.69, 9.17) is 4.42 Å². The maximum atomic E-state index is 10.5. The molecule has 0 unspecified atom stereocenters. The van der Waals surface area contributed by atoms with Crippen LogP contribution in [0.3, 0.4) is 0 Å². The Morgan fingerprint density at radius 2 is 2.22 bits per heavy atom. The predicted octanol–water partition coefficient (Wildman–Crippen LogP) is 2.55. The van der Waals surface area contributed by atoms with E-state index >= 15 is 0 Å². The zero-order valence-corrected chi connectivity index (χ0v) is 10.9. The molecule has 0 bridgehead atoms. The third-order valence-electron chi connectivity index (χ3n) is 2.48. The van der Waals surface area contributed by atoms with E-state index in [-0.39, 0.29) is 9.92 Å². The lowest BCUT2D eigenvalue weighted by atomic mass is 10.4. The number of hydrogen-bond acceptors (Lipinski definition) is 6. The average Bonchev–Trinajstić information content (AvgIpc) is 2.88. The third-order valence-corrected chi connectivity index (χ3v) is 3.51. The van der Waals surface area contributed by atoms with Gasteiger partial charge in [0.1, 0.15) is 5.76 Å². The molecule has 0 radical (unpaired) electrons. The first-order chi connectivity index (χ1) is 8.56. The number of nitrogens with zero attached hydrogens (tertiary/aromatic N) is 2. The molecule has 0 aliphatic rings. The number of oxazole rings is 1. The van der Waals surface area contributed by atoms with Crippen molar-refractivity contribution in [2.75, 3.05) is 0 Å². The first-order valence-electron chi connectivity index (χ1n) is 5.43. The normalized spacial score (nSPS) is 10.8. The summed E-state index contributed by atoms with van der Waals surface area (Å²) < 4.78 is 5.42. The van der Waals surface area contributed by atoms with E-state index in [0.717, 1.165) is 16.3 Å². The van der Waals surface area contributed by atoms with E-state index in [2.05, 4.69) is 10.3 Å². The molecule has 0 fully saturated rings. The van der Waals surface area contributed by atoms with Crippen molar-refractivity contribution >= 4 is 16.3 Å². The van der Waals surface area contributed by atoms with E-state index in [1.807, 2.05) is 13.8 Å². The first kappa shape index (κ1) is 12.7. The van der Waals surface area contributed by atoms with E-state index in [0.29, 0.717) is 19.0 Å². The summed E-state index contributed by atoms with van der Waals surface area (Å²) in [6.45, 7) is 4.85. The molecule has 0 atom stereocenters. The summed E-state index contributed by atoms with van der Waals surface area (Å²) in [7, 11) is 0. The average molecular weight is 267 g/mol. The molecule has 2 aromatic rings. The molecule has 2 rings (SSSR count). The monoisotopic (exact) mass is 267 g/mol. The largest absolute Gasteiger partial charge is 0.444 e. The lowest BCUT2D eigenvalue weighted by Gasteiger charge is -1.98. The second-order valence-corrected chi connectivity index (χ2v) is 5.00. The van der Waals surface area contributed by atoms with Crippen molar-refractivity contribution in [2.24, 2.45) is 0 Å². The van der Waals surface area contributed by atoms with Crippen molar-refractivity contribution in [2.45, 2.75) is 26.9 Å². The highest BCUT2D eigenvalue weighted by Gasteiger charge is 2.10. The van der Waals surface area contributed by atoms with Crippen molar-refractivity contribution < 1.29 is 9.34 Å². The minimum absolute atomic E-state index is 0.162.